The minimum Gasteiger partial charge on any atom is -0.477 e. The van der Waals surface area contributed by atoms with Gasteiger partial charge in [0, 0.05) is 49.3 Å². The quantitative estimate of drug-likeness (QED) is 0.654. The van der Waals surface area contributed by atoms with Crippen molar-refractivity contribution in [2.24, 2.45) is 5.92 Å². The highest BCUT2D eigenvalue weighted by Gasteiger charge is 2.56. The smallest absolute Gasteiger partial charge is 0.341 e. The Labute approximate surface area is 215 Å². The molecule has 2 saturated heterocycles. The number of hydrogen-bond donors (Lipinski definition) is 1. The average molecular weight is 515 g/mol. The van der Waals surface area contributed by atoms with Gasteiger partial charge in [-0.1, -0.05) is 0 Å². The van der Waals surface area contributed by atoms with Crippen molar-refractivity contribution < 1.29 is 23.9 Å². The van der Waals surface area contributed by atoms with E-state index in [0.717, 1.165) is 18.9 Å². The summed E-state index contributed by atoms with van der Waals surface area (Å²) in [4.78, 5) is 47.3. The van der Waals surface area contributed by atoms with Gasteiger partial charge in [-0.15, -0.1) is 0 Å². The summed E-state index contributed by atoms with van der Waals surface area (Å²) in [7, 11) is 1.64. The number of carboxylic acids is 1. The maximum Gasteiger partial charge on any atom is 0.341 e. The van der Waals surface area contributed by atoms with Crippen LogP contribution in [0.3, 0.4) is 0 Å². The van der Waals surface area contributed by atoms with Crippen molar-refractivity contribution >= 4 is 28.5 Å². The van der Waals surface area contributed by atoms with Gasteiger partial charge < -0.3 is 24.3 Å². The lowest BCUT2D eigenvalue weighted by atomic mass is 9.85. The van der Waals surface area contributed by atoms with Crippen LogP contribution >= 0.6 is 0 Å². The minimum absolute atomic E-state index is 0.0793. The van der Waals surface area contributed by atoms with Crippen molar-refractivity contribution in [3.8, 4) is 0 Å². The maximum atomic E-state index is 15.3. The van der Waals surface area contributed by atoms with E-state index < -0.39 is 22.8 Å². The van der Waals surface area contributed by atoms with Crippen molar-refractivity contribution in [1.82, 2.24) is 14.5 Å². The SMILES string of the molecule is CON1C(C)(C)CC(C(=O)N2CCN(c3cc4c(cc3F)c(=O)c(C(=O)O)cn4C3CC3)CC2)C1(C)C. The highest BCUT2D eigenvalue weighted by atomic mass is 19.1. The van der Waals surface area contributed by atoms with Crippen LogP contribution in [-0.4, -0.2) is 75.9 Å². The second-order valence-corrected chi connectivity index (χ2v) is 11.6. The number of hydroxylamine groups is 2. The van der Waals surface area contributed by atoms with Crippen molar-refractivity contribution in [3.63, 3.8) is 0 Å². The molecule has 2 aliphatic heterocycles. The van der Waals surface area contributed by atoms with Gasteiger partial charge in [0.05, 0.1) is 29.8 Å². The molecule has 2 aromatic rings. The molecule has 3 aliphatic rings. The number of piperazine rings is 1. The number of fused-ring (bicyclic) bond motifs is 1. The molecule has 1 aliphatic carbocycles. The fraction of sp³-hybridized carbons (Fsp3) is 0.593. The number of anilines is 1. The van der Waals surface area contributed by atoms with Gasteiger partial charge in [0.1, 0.15) is 11.4 Å². The third-order valence-electron chi connectivity index (χ3n) is 8.31. The number of amides is 1. The molecule has 1 aromatic carbocycles. The van der Waals surface area contributed by atoms with E-state index in [2.05, 4.69) is 13.8 Å². The molecule has 9 nitrogen and oxygen atoms in total. The van der Waals surface area contributed by atoms with E-state index >= 15 is 4.39 Å². The molecular weight excluding hydrogens is 479 g/mol. The Kier molecular flexibility index (Phi) is 6.10. The highest BCUT2D eigenvalue weighted by molar-refractivity contribution is 5.93. The first-order valence-corrected chi connectivity index (χ1v) is 12.9. The molecule has 5 rings (SSSR count). The molecule has 1 amide bonds. The summed E-state index contributed by atoms with van der Waals surface area (Å²) >= 11 is 0. The van der Waals surface area contributed by atoms with E-state index in [9.17, 15) is 19.5 Å². The Morgan fingerprint density at radius 3 is 2.27 bits per heavy atom. The number of benzene rings is 1. The fourth-order valence-electron chi connectivity index (χ4n) is 6.42. The first-order chi connectivity index (χ1) is 17.4. The number of carbonyl (C=O) groups is 2. The Morgan fingerprint density at radius 1 is 1.08 bits per heavy atom. The van der Waals surface area contributed by atoms with Gasteiger partial charge in [-0.25, -0.2) is 9.18 Å². The van der Waals surface area contributed by atoms with E-state index in [-0.39, 0.29) is 34.4 Å². The number of hydrogen-bond acceptors (Lipinski definition) is 6. The number of carbonyl (C=O) groups excluding carboxylic acids is 1. The summed E-state index contributed by atoms with van der Waals surface area (Å²) in [5, 5.41) is 11.5. The van der Waals surface area contributed by atoms with Crippen LogP contribution in [0.15, 0.2) is 23.1 Å². The molecule has 0 spiro atoms. The largest absolute Gasteiger partial charge is 0.477 e. The summed E-state index contributed by atoms with van der Waals surface area (Å²) in [5.74, 6) is -2.01. The van der Waals surface area contributed by atoms with E-state index in [1.54, 1.807) is 17.7 Å². The van der Waals surface area contributed by atoms with Crippen LogP contribution in [0.2, 0.25) is 0 Å². The second kappa shape index (κ2) is 8.80. The molecule has 0 radical (unpaired) electrons. The summed E-state index contributed by atoms with van der Waals surface area (Å²) in [6.45, 7) is 10.1. The van der Waals surface area contributed by atoms with Gasteiger partial charge in [0.15, 0.2) is 0 Å². The van der Waals surface area contributed by atoms with Crippen molar-refractivity contribution in [1.29, 1.82) is 0 Å². The predicted octanol–water partition coefficient (Wildman–Crippen LogP) is 3.26. The zero-order valence-electron chi connectivity index (χ0n) is 22.1. The van der Waals surface area contributed by atoms with Gasteiger partial charge in [-0.05, 0) is 59.1 Å². The molecule has 200 valence electrons. The molecule has 1 N–H and O–H groups in total. The normalized spacial score (nSPS) is 23.6. The van der Waals surface area contributed by atoms with Crippen molar-refractivity contribution in [2.75, 3.05) is 38.2 Å². The zero-order chi connectivity index (χ0) is 26.9. The van der Waals surface area contributed by atoms with Crippen molar-refractivity contribution in [3.05, 3.63) is 39.9 Å². The summed E-state index contributed by atoms with van der Waals surface area (Å²) in [6.07, 6.45) is 3.85. The first kappa shape index (κ1) is 25.7. The lowest BCUT2D eigenvalue weighted by Gasteiger charge is -2.41. The van der Waals surface area contributed by atoms with Crippen LogP contribution < -0.4 is 10.3 Å². The number of rotatable bonds is 5. The van der Waals surface area contributed by atoms with Gasteiger partial charge in [0.2, 0.25) is 11.3 Å². The number of pyridine rings is 1. The number of aromatic carboxylic acids is 1. The van der Waals surface area contributed by atoms with Crippen LogP contribution in [-0.2, 0) is 9.63 Å². The summed E-state index contributed by atoms with van der Waals surface area (Å²) < 4.78 is 17.1. The lowest BCUT2D eigenvalue weighted by molar-refractivity contribution is -0.224. The third-order valence-corrected chi connectivity index (χ3v) is 8.31. The van der Waals surface area contributed by atoms with Crippen LogP contribution in [0.5, 0.6) is 0 Å². The summed E-state index contributed by atoms with van der Waals surface area (Å²) in [6, 6.07) is 2.94. The Hall–Kier alpha value is -2.98. The molecule has 37 heavy (non-hydrogen) atoms. The minimum atomic E-state index is -1.31. The van der Waals surface area contributed by atoms with Crippen LogP contribution in [0.4, 0.5) is 10.1 Å². The van der Waals surface area contributed by atoms with Crippen LogP contribution in [0, 0.1) is 11.7 Å². The van der Waals surface area contributed by atoms with Gasteiger partial charge in [-0.2, -0.15) is 5.06 Å². The number of aromatic nitrogens is 1. The van der Waals surface area contributed by atoms with Crippen LogP contribution in [0.1, 0.15) is 63.4 Å². The van der Waals surface area contributed by atoms with Gasteiger partial charge in [-0.3, -0.25) is 9.59 Å². The molecule has 1 saturated carbocycles. The van der Waals surface area contributed by atoms with E-state index in [0.29, 0.717) is 43.8 Å². The third kappa shape index (κ3) is 4.20. The summed E-state index contributed by atoms with van der Waals surface area (Å²) in [5.41, 5.74) is -0.840. The second-order valence-electron chi connectivity index (χ2n) is 11.6. The Bertz CT molecular complexity index is 1320. The molecule has 1 atom stereocenters. The molecular formula is C27H35FN4O5. The maximum absolute atomic E-state index is 15.3. The monoisotopic (exact) mass is 514 g/mol. The molecule has 3 heterocycles. The Morgan fingerprint density at radius 2 is 1.73 bits per heavy atom. The molecule has 1 unspecified atom stereocenters. The topological polar surface area (TPSA) is 95.3 Å². The van der Waals surface area contributed by atoms with Gasteiger partial charge >= 0.3 is 5.97 Å². The van der Waals surface area contributed by atoms with E-state index in [1.807, 2.05) is 28.7 Å². The fourth-order valence-corrected chi connectivity index (χ4v) is 6.42. The molecule has 0 bridgehead atoms. The molecule has 3 fully saturated rings. The number of halogens is 1. The number of carboxylic acid groups (broad SMARTS) is 1. The first-order valence-electron chi connectivity index (χ1n) is 12.9. The number of nitrogens with zero attached hydrogens (tertiary/aromatic N) is 4. The van der Waals surface area contributed by atoms with Crippen molar-refractivity contribution in [2.45, 2.75) is 64.1 Å². The van der Waals surface area contributed by atoms with E-state index in [1.165, 1.54) is 6.20 Å². The van der Waals surface area contributed by atoms with Gasteiger partial charge in [0.25, 0.3) is 0 Å². The molecule has 10 heteroatoms. The van der Waals surface area contributed by atoms with E-state index in [4.69, 9.17) is 4.84 Å². The zero-order valence-corrected chi connectivity index (χ0v) is 22.1. The highest BCUT2D eigenvalue weighted by Crippen LogP contribution is 2.46. The predicted molar refractivity (Wildman–Crippen MR) is 137 cm³/mol. The van der Waals surface area contributed by atoms with Crippen LogP contribution in [0.25, 0.3) is 10.9 Å². The lowest BCUT2D eigenvalue weighted by Crippen LogP contribution is -2.55. The average Bonchev–Trinajstić information content (AvgIpc) is 3.65. The standard InChI is InChI=1S/C27H35FN4O5/c1-26(2)14-19(27(3,4)32(26)37-5)24(34)30-10-8-29(9-11-30)22-13-21-17(12-20(22)28)23(33)18(25(35)36)15-31(21)16-6-7-16/h12-13,15-16,19H,6-11,14H2,1-5H3,(H,35,36). The Balaban J connectivity index is 1.38. The molecule has 1 aromatic heterocycles.